The van der Waals surface area contributed by atoms with Crippen molar-refractivity contribution in [2.75, 3.05) is 20.3 Å². The van der Waals surface area contributed by atoms with E-state index >= 15 is 0 Å². The third-order valence-electron chi connectivity index (χ3n) is 2.49. The molecule has 1 aromatic carbocycles. The fourth-order valence-electron chi connectivity index (χ4n) is 1.67. The minimum absolute atomic E-state index is 0.322. The quantitative estimate of drug-likeness (QED) is 0.737. The van der Waals surface area contributed by atoms with Crippen molar-refractivity contribution in [3.05, 3.63) is 23.8 Å². The maximum absolute atomic E-state index is 5.60. The molecule has 1 aromatic rings. The van der Waals surface area contributed by atoms with Crippen LogP contribution >= 0.6 is 0 Å². The van der Waals surface area contributed by atoms with Gasteiger partial charge in [0.2, 0.25) is 0 Å². The molecule has 14 heavy (non-hydrogen) atoms. The van der Waals surface area contributed by atoms with Crippen molar-refractivity contribution < 1.29 is 9.47 Å². The highest BCUT2D eigenvalue weighted by molar-refractivity contribution is 5.42. The molecule has 0 saturated carbocycles. The van der Waals surface area contributed by atoms with Crippen LogP contribution in [0.1, 0.15) is 18.5 Å². The first-order chi connectivity index (χ1) is 6.81. The maximum atomic E-state index is 5.60. The van der Waals surface area contributed by atoms with Crippen LogP contribution in [0.25, 0.3) is 0 Å². The van der Waals surface area contributed by atoms with Crippen LogP contribution in [0.15, 0.2) is 18.2 Å². The van der Waals surface area contributed by atoms with Gasteiger partial charge in [-0.25, -0.2) is 0 Å². The average Bonchev–Trinajstić information content (AvgIpc) is 2.40. The summed E-state index contributed by atoms with van der Waals surface area (Å²) in [5.74, 6) is 1.84. The predicted octanol–water partition coefficient (Wildman–Crippen LogP) is 1.74. The molecular weight excluding hydrogens is 178 g/mol. The fraction of sp³-hybridized carbons (Fsp3) is 0.455. The molecule has 0 spiro atoms. The molecule has 0 saturated heterocycles. The first-order valence-corrected chi connectivity index (χ1v) is 4.85. The molecule has 0 aliphatic carbocycles. The molecule has 0 bridgehead atoms. The van der Waals surface area contributed by atoms with Crippen molar-refractivity contribution in [1.82, 2.24) is 5.32 Å². The summed E-state index contributed by atoms with van der Waals surface area (Å²) in [7, 11) is 1.68. The summed E-state index contributed by atoms with van der Waals surface area (Å²) >= 11 is 0. The van der Waals surface area contributed by atoms with E-state index in [4.69, 9.17) is 9.47 Å². The number of benzene rings is 1. The zero-order valence-electron chi connectivity index (χ0n) is 8.54. The lowest BCUT2D eigenvalue weighted by Gasteiger charge is -2.13. The molecule has 0 unspecified atom stereocenters. The van der Waals surface area contributed by atoms with E-state index in [9.17, 15) is 0 Å². The van der Waals surface area contributed by atoms with Crippen molar-refractivity contribution in [3.8, 4) is 11.5 Å². The van der Waals surface area contributed by atoms with E-state index in [0.717, 1.165) is 24.7 Å². The van der Waals surface area contributed by atoms with Crippen LogP contribution in [0, 0.1) is 0 Å². The van der Waals surface area contributed by atoms with Crippen LogP contribution in [0.2, 0.25) is 0 Å². The van der Waals surface area contributed by atoms with Gasteiger partial charge in [0, 0.05) is 18.2 Å². The molecule has 1 aliphatic rings. The zero-order valence-corrected chi connectivity index (χ0v) is 8.54. The third-order valence-corrected chi connectivity index (χ3v) is 2.49. The van der Waals surface area contributed by atoms with Crippen LogP contribution < -0.4 is 14.8 Å². The maximum Gasteiger partial charge on any atom is 0.124 e. The first kappa shape index (κ1) is 9.34. The number of methoxy groups -OCH3 is 1. The highest BCUT2D eigenvalue weighted by atomic mass is 16.5. The molecule has 76 valence electrons. The monoisotopic (exact) mass is 193 g/mol. The van der Waals surface area contributed by atoms with Crippen LogP contribution in [0.4, 0.5) is 0 Å². The van der Waals surface area contributed by atoms with E-state index in [0.29, 0.717) is 6.04 Å². The summed E-state index contributed by atoms with van der Waals surface area (Å²) in [6.07, 6.45) is 0. The lowest BCUT2D eigenvalue weighted by atomic mass is 10.1. The first-order valence-electron chi connectivity index (χ1n) is 4.85. The number of nitrogens with one attached hydrogen (secondary N) is 1. The molecule has 3 nitrogen and oxygen atoms in total. The second-order valence-corrected chi connectivity index (χ2v) is 3.43. The third kappa shape index (κ3) is 1.68. The Hall–Kier alpha value is -1.22. The lowest BCUT2D eigenvalue weighted by Crippen LogP contribution is -2.20. The van der Waals surface area contributed by atoms with E-state index < -0.39 is 0 Å². The number of ether oxygens (including phenoxy) is 2. The molecule has 1 N–H and O–H groups in total. The molecule has 0 amide bonds. The van der Waals surface area contributed by atoms with E-state index in [1.165, 1.54) is 5.56 Å². The van der Waals surface area contributed by atoms with Crippen LogP contribution in [0.5, 0.6) is 11.5 Å². The second-order valence-electron chi connectivity index (χ2n) is 3.43. The van der Waals surface area contributed by atoms with E-state index in [2.05, 4.69) is 12.2 Å². The number of hydrogen-bond acceptors (Lipinski definition) is 3. The highest BCUT2D eigenvalue weighted by Crippen LogP contribution is 2.30. The van der Waals surface area contributed by atoms with E-state index in [1.54, 1.807) is 7.11 Å². The topological polar surface area (TPSA) is 30.5 Å². The summed E-state index contributed by atoms with van der Waals surface area (Å²) in [5, 5.41) is 3.37. The van der Waals surface area contributed by atoms with E-state index in [-0.39, 0.29) is 0 Å². The summed E-state index contributed by atoms with van der Waals surface area (Å²) < 4.78 is 10.8. The Balaban J connectivity index is 2.39. The van der Waals surface area contributed by atoms with Gasteiger partial charge in [-0.05, 0) is 25.1 Å². The molecule has 1 aliphatic heterocycles. The van der Waals surface area contributed by atoms with Crippen LogP contribution in [-0.2, 0) is 0 Å². The number of fused-ring (bicyclic) bond motifs is 1. The van der Waals surface area contributed by atoms with E-state index in [1.807, 2.05) is 18.2 Å². The van der Waals surface area contributed by atoms with Gasteiger partial charge in [0.15, 0.2) is 0 Å². The highest BCUT2D eigenvalue weighted by Gasteiger charge is 2.15. The van der Waals surface area contributed by atoms with Crippen molar-refractivity contribution >= 4 is 0 Å². The molecular formula is C11H15NO2. The van der Waals surface area contributed by atoms with Gasteiger partial charge in [0.05, 0.1) is 7.11 Å². The molecule has 1 atom stereocenters. The average molecular weight is 193 g/mol. The fourth-order valence-corrected chi connectivity index (χ4v) is 1.67. The number of hydrogen-bond donors (Lipinski definition) is 1. The van der Waals surface area contributed by atoms with Gasteiger partial charge in [0.1, 0.15) is 18.1 Å². The van der Waals surface area contributed by atoms with Crippen LogP contribution in [-0.4, -0.2) is 20.3 Å². The molecule has 2 rings (SSSR count). The molecule has 0 aromatic heterocycles. The second kappa shape index (κ2) is 3.88. The van der Waals surface area contributed by atoms with Crippen molar-refractivity contribution in [1.29, 1.82) is 0 Å². The molecule has 0 radical (unpaired) electrons. The van der Waals surface area contributed by atoms with Crippen molar-refractivity contribution in [3.63, 3.8) is 0 Å². The minimum Gasteiger partial charge on any atom is -0.497 e. The van der Waals surface area contributed by atoms with Gasteiger partial charge in [-0.1, -0.05) is 0 Å². The predicted molar refractivity (Wildman–Crippen MR) is 54.9 cm³/mol. The Morgan fingerprint density at radius 3 is 3.14 bits per heavy atom. The minimum atomic E-state index is 0.322. The van der Waals surface area contributed by atoms with Gasteiger partial charge in [-0.2, -0.15) is 0 Å². The molecule has 1 heterocycles. The van der Waals surface area contributed by atoms with Crippen molar-refractivity contribution in [2.45, 2.75) is 13.0 Å². The standard InChI is InChI=1S/C11H15NO2/c1-8-10-7-9(13-2)3-4-11(10)14-6-5-12-8/h3-4,7-8,12H,5-6H2,1-2H3/t8-/m1/s1. The zero-order chi connectivity index (χ0) is 9.97. The Bertz CT molecular complexity index is 325. The van der Waals surface area contributed by atoms with Gasteiger partial charge in [-0.15, -0.1) is 0 Å². The summed E-state index contributed by atoms with van der Waals surface area (Å²) in [6, 6.07) is 6.25. The summed E-state index contributed by atoms with van der Waals surface area (Å²) in [5.41, 5.74) is 1.17. The largest absolute Gasteiger partial charge is 0.497 e. The molecule has 3 heteroatoms. The molecule has 0 fully saturated rings. The van der Waals surface area contributed by atoms with Crippen molar-refractivity contribution in [2.24, 2.45) is 0 Å². The summed E-state index contributed by atoms with van der Waals surface area (Å²) in [6.45, 7) is 3.74. The van der Waals surface area contributed by atoms with Gasteiger partial charge >= 0.3 is 0 Å². The van der Waals surface area contributed by atoms with Gasteiger partial charge in [0.25, 0.3) is 0 Å². The van der Waals surface area contributed by atoms with Gasteiger partial charge < -0.3 is 14.8 Å². The Morgan fingerprint density at radius 1 is 1.50 bits per heavy atom. The lowest BCUT2D eigenvalue weighted by molar-refractivity contribution is 0.324. The SMILES string of the molecule is COc1ccc2c(c1)[C@@H](C)NCCO2. The Morgan fingerprint density at radius 2 is 2.36 bits per heavy atom. The van der Waals surface area contributed by atoms with Gasteiger partial charge in [-0.3, -0.25) is 0 Å². The normalized spacial score (nSPS) is 20.6. The van der Waals surface area contributed by atoms with Crippen LogP contribution in [0.3, 0.4) is 0 Å². The number of rotatable bonds is 1. The Kier molecular flexibility index (Phi) is 2.59. The summed E-state index contributed by atoms with van der Waals surface area (Å²) in [4.78, 5) is 0. The smallest absolute Gasteiger partial charge is 0.124 e. The Labute approximate surface area is 84.0 Å².